The summed E-state index contributed by atoms with van der Waals surface area (Å²) < 4.78 is 32.0. The highest BCUT2D eigenvalue weighted by Gasteiger charge is 2.24. The fourth-order valence-corrected chi connectivity index (χ4v) is 3.95. The molecule has 154 valence electrons. The minimum Gasteiger partial charge on any atom is -0.449 e. The summed E-state index contributed by atoms with van der Waals surface area (Å²) in [4.78, 5) is 34.4. The van der Waals surface area contributed by atoms with Crippen molar-refractivity contribution in [2.45, 2.75) is 24.8 Å². The predicted molar refractivity (Wildman–Crippen MR) is 106 cm³/mol. The summed E-state index contributed by atoms with van der Waals surface area (Å²) in [6.07, 6.45) is -1.26. The summed E-state index contributed by atoms with van der Waals surface area (Å²) in [6.45, 7) is 3.21. The van der Waals surface area contributed by atoms with Crippen LogP contribution in [0.3, 0.4) is 0 Å². The molecule has 3 N–H and O–H groups in total. The van der Waals surface area contributed by atoms with Crippen LogP contribution < -0.4 is 15.4 Å². The van der Waals surface area contributed by atoms with Crippen LogP contribution in [0.25, 0.3) is 0 Å². The lowest BCUT2D eigenvalue weighted by molar-refractivity contribution is -0.127. The van der Waals surface area contributed by atoms with Gasteiger partial charge in [0.25, 0.3) is 15.9 Å². The van der Waals surface area contributed by atoms with E-state index in [4.69, 9.17) is 10.5 Å². The van der Waals surface area contributed by atoms with Gasteiger partial charge in [-0.1, -0.05) is 18.2 Å². The maximum absolute atomic E-state index is 12.9. The number of carbonyl (C=O) groups is 3. The fourth-order valence-electron chi connectivity index (χ4n) is 2.48. The van der Waals surface area contributed by atoms with Crippen LogP contribution in [0, 0.1) is 0 Å². The Morgan fingerprint density at radius 2 is 1.66 bits per heavy atom. The van der Waals surface area contributed by atoms with Crippen molar-refractivity contribution in [1.29, 1.82) is 0 Å². The van der Waals surface area contributed by atoms with Gasteiger partial charge in [-0.25, -0.2) is 18.0 Å². The number of para-hydroxylation sites is 1. The van der Waals surface area contributed by atoms with Gasteiger partial charge < -0.3 is 10.5 Å². The van der Waals surface area contributed by atoms with E-state index in [0.717, 1.165) is 0 Å². The SMILES string of the molecule is CCN(c1ccccc1)S(=O)(=O)c1ccc(C(=O)O[C@H](C)C(=O)NC(N)=O)cc1. The van der Waals surface area contributed by atoms with Crippen molar-refractivity contribution in [3.63, 3.8) is 0 Å². The molecular weight excluding hydrogens is 398 g/mol. The van der Waals surface area contributed by atoms with Gasteiger partial charge >= 0.3 is 12.0 Å². The smallest absolute Gasteiger partial charge is 0.338 e. The summed E-state index contributed by atoms with van der Waals surface area (Å²) >= 11 is 0. The van der Waals surface area contributed by atoms with Gasteiger partial charge in [0.1, 0.15) is 0 Å². The number of nitrogens with two attached hydrogens (primary N) is 1. The summed E-state index contributed by atoms with van der Waals surface area (Å²) in [6, 6.07) is 12.7. The number of imide groups is 1. The molecule has 0 saturated heterocycles. The van der Waals surface area contributed by atoms with Gasteiger partial charge in [0.2, 0.25) is 0 Å². The molecule has 3 amide bonds. The average molecular weight is 419 g/mol. The highest BCUT2D eigenvalue weighted by atomic mass is 32.2. The molecule has 10 heteroatoms. The molecule has 0 saturated carbocycles. The zero-order valence-corrected chi connectivity index (χ0v) is 16.7. The number of urea groups is 1. The lowest BCUT2D eigenvalue weighted by Crippen LogP contribution is -2.42. The van der Waals surface area contributed by atoms with Crippen LogP contribution >= 0.6 is 0 Å². The molecular formula is C19H21N3O6S. The van der Waals surface area contributed by atoms with Crippen LogP contribution in [0.5, 0.6) is 0 Å². The number of nitrogens with zero attached hydrogens (tertiary/aromatic N) is 1. The number of rotatable bonds is 7. The second-order valence-corrected chi connectivity index (χ2v) is 7.79. The van der Waals surface area contributed by atoms with Gasteiger partial charge in [-0.3, -0.25) is 14.4 Å². The maximum atomic E-state index is 12.9. The van der Waals surface area contributed by atoms with Crippen LogP contribution in [0.15, 0.2) is 59.5 Å². The first-order valence-electron chi connectivity index (χ1n) is 8.66. The van der Waals surface area contributed by atoms with Crippen molar-refractivity contribution in [2.24, 2.45) is 5.73 Å². The van der Waals surface area contributed by atoms with E-state index in [1.807, 2.05) is 0 Å². The van der Waals surface area contributed by atoms with Gasteiger partial charge in [-0.2, -0.15) is 0 Å². The molecule has 0 fully saturated rings. The van der Waals surface area contributed by atoms with E-state index in [1.54, 1.807) is 42.6 Å². The van der Waals surface area contributed by atoms with E-state index >= 15 is 0 Å². The number of ether oxygens (including phenoxy) is 1. The summed E-state index contributed by atoms with van der Waals surface area (Å²) in [5.74, 6) is -1.72. The van der Waals surface area contributed by atoms with Crippen LogP contribution in [0.4, 0.5) is 10.5 Å². The zero-order chi connectivity index (χ0) is 21.6. The molecule has 0 radical (unpaired) electrons. The van der Waals surface area contributed by atoms with E-state index in [0.29, 0.717) is 5.69 Å². The minimum absolute atomic E-state index is 0.000673. The topological polar surface area (TPSA) is 136 Å². The Balaban J connectivity index is 2.17. The Labute approximate surface area is 168 Å². The van der Waals surface area contributed by atoms with E-state index < -0.39 is 34.0 Å². The first-order chi connectivity index (χ1) is 13.7. The Morgan fingerprint density at radius 1 is 1.07 bits per heavy atom. The molecule has 2 aromatic carbocycles. The lowest BCUT2D eigenvalue weighted by Gasteiger charge is -2.23. The second-order valence-electron chi connectivity index (χ2n) is 5.93. The fraction of sp³-hybridized carbons (Fsp3) is 0.211. The third-order valence-corrected chi connectivity index (χ3v) is 5.83. The highest BCUT2D eigenvalue weighted by molar-refractivity contribution is 7.92. The average Bonchev–Trinajstić information content (AvgIpc) is 2.68. The quantitative estimate of drug-likeness (QED) is 0.655. The lowest BCUT2D eigenvalue weighted by atomic mass is 10.2. The van der Waals surface area contributed by atoms with Crippen molar-refractivity contribution in [1.82, 2.24) is 5.32 Å². The maximum Gasteiger partial charge on any atom is 0.338 e. The largest absolute Gasteiger partial charge is 0.449 e. The van der Waals surface area contributed by atoms with Gasteiger partial charge in [0.05, 0.1) is 16.1 Å². The van der Waals surface area contributed by atoms with Crippen molar-refractivity contribution in [3.05, 3.63) is 60.2 Å². The number of anilines is 1. The zero-order valence-electron chi connectivity index (χ0n) is 15.9. The number of nitrogens with one attached hydrogen (secondary N) is 1. The first kappa shape index (κ1) is 21.9. The number of hydrogen-bond donors (Lipinski definition) is 2. The van der Waals surface area contributed by atoms with E-state index in [2.05, 4.69) is 0 Å². The number of esters is 1. The Kier molecular flexibility index (Phi) is 6.94. The molecule has 1 atom stereocenters. The Hall–Kier alpha value is -3.40. The standard InChI is InChI=1S/C19H21N3O6S/c1-3-22(15-7-5-4-6-8-15)29(26,27)16-11-9-14(10-12-16)18(24)28-13(2)17(23)21-19(20)25/h4-13H,3H2,1-2H3,(H3,20,21,23,25)/t13-/m1/s1. The van der Waals surface area contributed by atoms with Crippen LogP contribution in [0.1, 0.15) is 24.2 Å². The highest BCUT2D eigenvalue weighted by Crippen LogP contribution is 2.23. The van der Waals surface area contributed by atoms with Gasteiger partial charge in [0.15, 0.2) is 6.10 Å². The van der Waals surface area contributed by atoms with Crippen molar-refractivity contribution >= 4 is 33.6 Å². The molecule has 0 heterocycles. The van der Waals surface area contributed by atoms with Crippen molar-refractivity contribution < 1.29 is 27.5 Å². The van der Waals surface area contributed by atoms with Gasteiger partial charge in [0, 0.05) is 6.54 Å². The van der Waals surface area contributed by atoms with Crippen molar-refractivity contribution in [3.8, 4) is 0 Å². The van der Waals surface area contributed by atoms with Crippen molar-refractivity contribution in [2.75, 3.05) is 10.8 Å². The molecule has 0 aliphatic heterocycles. The van der Waals surface area contributed by atoms with Gasteiger partial charge in [-0.05, 0) is 50.2 Å². The number of sulfonamides is 1. The van der Waals surface area contributed by atoms with E-state index in [1.165, 1.54) is 35.5 Å². The van der Waals surface area contributed by atoms with Crippen LogP contribution in [0.2, 0.25) is 0 Å². The normalized spacial score (nSPS) is 11.9. The molecule has 29 heavy (non-hydrogen) atoms. The molecule has 9 nitrogen and oxygen atoms in total. The van der Waals surface area contributed by atoms with E-state index in [9.17, 15) is 22.8 Å². The molecule has 0 spiro atoms. The van der Waals surface area contributed by atoms with Gasteiger partial charge in [-0.15, -0.1) is 0 Å². The second kappa shape index (κ2) is 9.20. The number of amides is 3. The first-order valence-corrected chi connectivity index (χ1v) is 10.1. The number of hydrogen-bond acceptors (Lipinski definition) is 6. The number of primary amides is 1. The van der Waals surface area contributed by atoms with E-state index in [-0.39, 0.29) is 17.0 Å². The number of carbonyl (C=O) groups excluding carboxylic acids is 3. The molecule has 0 unspecified atom stereocenters. The molecule has 0 aliphatic carbocycles. The third-order valence-electron chi connectivity index (χ3n) is 3.91. The Morgan fingerprint density at radius 3 is 2.17 bits per heavy atom. The summed E-state index contributed by atoms with van der Waals surface area (Å²) in [5.41, 5.74) is 5.40. The van der Waals surface area contributed by atoms with Crippen LogP contribution in [-0.2, 0) is 19.6 Å². The third kappa shape index (κ3) is 5.32. The summed E-state index contributed by atoms with van der Waals surface area (Å²) in [7, 11) is -3.83. The molecule has 0 bridgehead atoms. The minimum atomic E-state index is -3.83. The Bertz CT molecular complexity index is 990. The molecule has 0 aromatic heterocycles. The molecule has 2 rings (SSSR count). The monoisotopic (exact) mass is 419 g/mol. The predicted octanol–water partition coefficient (Wildman–Crippen LogP) is 1.64. The molecule has 2 aromatic rings. The van der Waals surface area contributed by atoms with Crippen LogP contribution in [-0.4, -0.2) is 39.0 Å². The summed E-state index contributed by atoms with van der Waals surface area (Å²) in [5, 5.41) is 1.80. The molecule has 0 aliphatic rings. The number of benzene rings is 2.